The first-order valence-electron chi connectivity index (χ1n) is 11.3. The third-order valence-electron chi connectivity index (χ3n) is 6.25. The molecule has 1 aromatic carbocycles. The average Bonchev–Trinajstić information content (AvgIpc) is 2.83. The fourth-order valence-electron chi connectivity index (χ4n) is 4.35. The van der Waals surface area contributed by atoms with Gasteiger partial charge in [-0.2, -0.15) is 0 Å². The van der Waals surface area contributed by atoms with E-state index in [0.29, 0.717) is 18.4 Å². The Hall–Kier alpha value is -2.89. The number of carbonyl (C=O) groups is 1. The maximum Gasteiger partial charge on any atom is 0.241 e. The van der Waals surface area contributed by atoms with Gasteiger partial charge >= 0.3 is 0 Å². The quantitative estimate of drug-likeness (QED) is 0.551. The fourth-order valence-corrected chi connectivity index (χ4v) is 4.35. The second-order valence-corrected chi connectivity index (χ2v) is 8.21. The van der Waals surface area contributed by atoms with Gasteiger partial charge < -0.3 is 15.1 Å². The van der Waals surface area contributed by atoms with E-state index < -0.39 is 0 Å². The van der Waals surface area contributed by atoms with Crippen LogP contribution in [0.2, 0.25) is 0 Å². The Morgan fingerprint density at radius 1 is 1.23 bits per heavy atom. The second-order valence-electron chi connectivity index (χ2n) is 8.21. The number of nitrogens with zero attached hydrogens (tertiary/aromatic N) is 4. The fraction of sp³-hybridized carbons (Fsp3) is 0.480. The largest absolute Gasteiger partial charge is 0.347 e. The molecule has 1 aliphatic rings. The zero-order valence-electron chi connectivity index (χ0n) is 19.0. The lowest BCUT2D eigenvalue weighted by Gasteiger charge is -2.40. The van der Waals surface area contributed by atoms with Gasteiger partial charge in [0, 0.05) is 52.0 Å². The van der Waals surface area contributed by atoms with Crippen molar-refractivity contribution in [1.82, 2.24) is 20.1 Å². The number of aliphatic imine (C=N–C) groups is 1. The van der Waals surface area contributed by atoms with E-state index in [4.69, 9.17) is 0 Å². The summed E-state index contributed by atoms with van der Waals surface area (Å²) in [4.78, 5) is 25.4. The van der Waals surface area contributed by atoms with Crippen molar-refractivity contribution in [3.05, 3.63) is 66.0 Å². The number of amides is 1. The predicted octanol–water partition coefficient (Wildman–Crippen LogP) is 3.17. The lowest BCUT2D eigenvalue weighted by atomic mass is 9.79. The average molecular weight is 422 g/mol. The van der Waals surface area contributed by atoms with E-state index in [1.165, 1.54) is 5.56 Å². The Kier molecular flexibility index (Phi) is 8.44. The van der Waals surface area contributed by atoms with Crippen LogP contribution in [-0.2, 0) is 11.2 Å². The SMILES string of the molecule is CCC1CN(C(=NC)NCC(=O)N(C)CCc2ccccn2)CCC1c1ccccc1. The number of likely N-dealkylation sites (N-methyl/N-ethyl adjacent to an activating group) is 1. The van der Waals surface area contributed by atoms with Gasteiger partial charge in [0.25, 0.3) is 0 Å². The molecule has 1 saturated heterocycles. The summed E-state index contributed by atoms with van der Waals surface area (Å²) in [5.41, 5.74) is 2.43. The van der Waals surface area contributed by atoms with E-state index in [-0.39, 0.29) is 12.5 Å². The predicted molar refractivity (Wildman–Crippen MR) is 126 cm³/mol. The number of hydrogen-bond donors (Lipinski definition) is 1. The van der Waals surface area contributed by atoms with E-state index in [1.807, 2.05) is 25.2 Å². The first-order chi connectivity index (χ1) is 15.1. The highest BCUT2D eigenvalue weighted by atomic mass is 16.2. The van der Waals surface area contributed by atoms with E-state index in [1.54, 1.807) is 18.1 Å². The monoisotopic (exact) mass is 421 g/mol. The molecule has 0 spiro atoms. The molecule has 3 rings (SSSR count). The number of nitrogens with one attached hydrogen (secondary N) is 1. The van der Waals surface area contributed by atoms with Crippen LogP contribution in [0.3, 0.4) is 0 Å². The summed E-state index contributed by atoms with van der Waals surface area (Å²) >= 11 is 0. The maximum absolute atomic E-state index is 12.6. The molecule has 1 fully saturated rings. The summed E-state index contributed by atoms with van der Waals surface area (Å²) in [5.74, 6) is 2.03. The highest BCUT2D eigenvalue weighted by molar-refractivity contribution is 5.86. The minimum Gasteiger partial charge on any atom is -0.347 e. The number of carbonyl (C=O) groups excluding carboxylic acids is 1. The van der Waals surface area contributed by atoms with E-state index in [2.05, 4.69) is 57.4 Å². The zero-order valence-corrected chi connectivity index (χ0v) is 19.0. The van der Waals surface area contributed by atoms with E-state index in [9.17, 15) is 4.79 Å². The van der Waals surface area contributed by atoms with Crippen LogP contribution < -0.4 is 5.32 Å². The van der Waals surface area contributed by atoms with Gasteiger partial charge in [0.15, 0.2) is 5.96 Å². The van der Waals surface area contributed by atoms with Gasteiger partial charge in [-0.05, 0) is 36.0 Å². The Morgan fingerprint density at radius 2 is 2.00 bits per heavy atom. The molecule has 0 saturated carbocycles. The molecule has 0 aliphatic carbocycles. The molecule has 2 atom stereocenters. The number of likely N-dealkylation sites (tertiary alicyclic amines) is 1. The summed E-state index contributed by atoms with van der Waals surface area (Å²) in [6.07, 6.45) is 4.76. The first kappa shape index (κ1) is 22.8. The minimum absolute atomic E-state index is 0.0586. The number of piperidine rings is 1. The van der Waals surface area contributed by atoms with Crippen molar-refractivity contribution < 1.29 is 4.79 Å². The van der Waals surface area contributed by atoms with Gasteiger partial charge in [0.2, 0.25) is 5.91 Å². The van der Waals surface area contributed by atoms with Gasteiger partial charge in [-0.15, -0.1) is 0 Å². The number of guanidine groups is 1. The molecule has 2 unspecified atom stereocenters. The third kappa shape index (κ3) is 6.29. The highest BCUT2D eigenvalue weighted by Gasteiger charge is 2.30. The number of rotatable bonds is 7. The van der Waals surface area contributed by atoms with Gasteiger partial charge in [-0.1, -0.05) is 49.7 Å². The van der Waals surface area contributed by atoms with Crippen molar-refractivity contribution >= 4 is 11.9 Å². The van der Waals surface area contributed by atoms with Crippen molar-refractivity contribution in [3.8, 4) is 0 Å². The van der Waals surface area contributed by atoms with Crippen molar-refractivity contribution in [2.45, 2.75) is 32.1 Å². The van der Waals surface area contributed by atoms with Crippen LogP contribution in [0.5, 0.6) is 0 Å². The molecule has 1 aromatic heterocycles. The zero-order chi connectivity index (χ0) is 22.1. The Balaban J connectivity index is 1.50. The first-order valence-corrected chi connectivity index (χ1v) is 11.3. The summed E-state index contributed by atoms with van der Waals surface area (Å²) < 4.78 is 0. The van der Waals surface area contributed by atoms with Crippen molar-refractivity contribution in [2.75, 3.05) is 40.3 Å². The molecule has 2 aromatic rings. The molecule has 2 heterocycles. The molecule has 6 heteroatoms. The van der Waals surface area contributed by atoms with Crippen molar-refractivity contribution in [1.29, 1.82) is 0 Å². The molecule has 31 heavy (non-hydrogen) atoms. The molecular formula is C25H35N5O. The topological polar surface area (TPSA) is 60.8 Å². The minimum atomic E-state index is 0.0586. The molecular weight excluding hydrogens is 386 g/mol. The molecule has 1 amide bonds. The van der Waals surface area contributed by atoms with Crippen LogP contribution in [0.1, 0.15) is 36.9 Å². The molecule has 166 valence electrons. The summed E-state index contributed by atoms with van der Waals surface area (Å²) in [6, 6.07) is 16.7. The van der Waals surface area contributed by atoms with E-state index in [0.717, 1.165) is 44.0 Å². The van der Waals surface area contributed by atoms with Gasteiger partial charge in [0.1, 0.15) is 0 Å². The van der Waals surface area contributed by atoms with Crippen LogP contribution in [0.15, 0.2) is 59.7 Å². The molecule has 1 N–H and O–H groups in total. The van der Waals surface area contributed by atoms with Crippen LogP contribution in [0, 0.1) is 5.92 Å². The summed E-state index contributed by atoms with van der Waals surface area (Å²) in [6.45, 7) is 5.07. The standard InChI is InChI=1S/C25H35N5O/c1-4-20-19-30(17-14-23(20)21-10-6-5-7-11-21)25(26-2)28-18-24(31)29(3)16-13-22-12-8-9-15-27-22/h5-12,15,20,23H,4,13-14,16-19H2,1-3H3,(H,26,28). The van der Waals surface area contributed by atoms with E-state index >= 15 is 0 Å². The Labute approximate surface area is 186 Å². The van der Waals surface area contributed by atoms with Crippen molar-refractivity contribution in [2.24, 2.45) is 10.9 Å². The number of pyridine rings is 1. The second kappa shape index (κ2) is 11.5. The Bertz CT molecular complexity index is 840. The van der Waals surface area contributed by atoms with Crippen LogP contribution in [0.25, 0.3) is 0 Å². The summed E-state index contributed by atoms with van der Waals surface area (Å²) in [7, 11) is 3.63. The third-order valence-corrected chi connectivity index (χ3v) is 6.25. The van der Waals surface area contributed by atoms with Crippen LogP contribution >= 0.6 is 0 Å². The maximum atomic E-state index is 12.6. The number of benzene rings is 1. The van der Waals surface area contributed by atoms with Crippen molar-refractivity contribution in [3.63, 3.8) is 0 Å². The number of hydrogen-bond acceptors (Lipinski definition) is 3. The molecule has 0 bridgehead atoms. The number of aromatic nitrogens is 1. The molecule has 0 radical (unpaired) electrons. The van der Waals surface area contributed by atoms with Crippen LogP contribution in [0.4, 0.5) is 0 Å². The van der Waals surface area contributed by atoms with Gasteiger partial charge in [0.05, 0.1) is 6.54 Å². The van der Waals surface area contributed by atoms with Crippen LogP contribution in [-0.4, -0.2) is 66.9 Å². The smallest absolute Gasteiger partial charge is 0.241 e. The Morgan fingerprint density at radius 3 is 2.68 bits per heavy atom. The molecule has 1 aliphatic heterocycles. The summed E-state index contributed by atoms with van der Waals surface area (Å²) in [5, 5.41) is 3.29. The van der Waals surface area contributed by atoms with Gasteiger partial charge in [-0.25, -0.2) is 0 Å². The molecule has 6 nitrogen and oxygen atoms in total. The lowest BCUT2D eigenvalue weighted by molar-refractivity contribution is -0.128. The highest BCUT2D eigenvalue weighted by Crippen LogP contribution is 2.34. The lowest BCUT2D eigenvalue weighted by Crippen LogP contribution is -2.50. The normalized spacial score (nSPS) is 19.2. The van der Waals surface area contributed by atoms with Gasteiger partial charge in [-0.3, -0.25) is 14.8 Å².